The molecule has 9 heteroatoms. The summed E-state index contributed by atoms with van der Waals surface area (Å²) in [5.41, 5.74) is 2.89. The molecule has 4 aromatic rings. The van der Waals surface area contributed by atoms with Gasteiger partial charge in [0.15, 0.2) is 0 Å². The maximum atomic E-state index is 13.2. The van der Waals surface area contributed by atoms with Crippen molar-refractivity contribution >= 4 is 12.1 Å². The van der Waals surface area contributed by atoms with Gasteiger partial charge in [0, 0.05) is 12.1 Å². The molecule has 4 rings (SSSR count). The van der Waals surface area contributed by atoms with Crippen LogP contribution in [0.5, 0.6) is 11.5 Å². The highest BCUT2D eigenvalue weighted by Gasteiger charge is 2.20. The van der Waals surface area contributed by atoms with Crippen LogP contribution in [0.2, 0.25) is 0 Å². The van der Waals surface area contributed by atoms with Crippen LogP contribution in [0.4, 0.5) is 9.18 Å². The molecule has 0 fully saturated rings. The number of nitrogens with zero attached hydrogens (tertiary/aromatic N) is 2. The molecule has 190 valence electrons. The zero-order valence-electron chi connectivity index (χ0n) is 20.3. The largest absolute Gasteiger partial charge is 0.487 e. The van der Waals surface area contributed by atoms with Gasteiger partial charge in [-0.2, -0.15) is 0 Å². The van der Waals surface area contributed by atoms with E-state index in [9.17, 15) is 19.1 Å². The fourth-order valence-electron chi connectivity index (χ4n) is 3.50. The number of aromatic nitrogens is 1. The van der Waals surface area contributed by atoms with Crippen molar-refractivity contribution in [2.75, 3.05) is 6.54 Å². The predicted molar refractivity (Wildman–Crippen MR) is 133 cm³/mol. The Hall–Kier alpha value is -4.66. The number of halogens is 1. The zero-order valence-corrected chi connectivity index (χ0v) is 20.3. The quantitative estimate of drug-likeness (QED) is 0.309. The smallest absolute Gasteiger partial charge is 0.416 e. The van der Waals surface area contributed by atoms with Crippen molar-refractivity contribution in [3.63, 3.8) is 0 Å². The van der Waals surface area contributed by atoms with E-state index in [0.29, 0.717) is 40.0 Å². The van der Waals surface area contributed by atoms with Gasteiger partial charge in [-0.15, -0.1) is 0 Å². The molecule has 0 aliphatic rings. The summed E-state index contributed by atoms with van der Waals surface area (Å²) in [6.07, 6.45) is -0.774. The number of carboxylic acids is 1. The number of carbonyl (C=O) groups is 2. The number of oxazole rings is 1. The van der Waals surface area contributed by atoms with E-state index < -0.39 is 18.6 Å². The lowest BCUT2D eigenvalue weighted by Gasteiger charge is -2.20. The van der Waals surface area contributed by atoms with Crippen LogP contribution in [0.15, 0.2) is 77.2 Å². The van der Waals surface area contributed by atoms with Crippen LogP contribution in [0.3, 0.4) is 0 Å². The number of aliphatic carboxylic acids is 1. The molecule has 0 spiro atoms. The number of aryl methyl sites for hydroxylation is 2. The molecule has 1 amide bonds. The highest BCUT2D eigenvalue weighted by Crippen LogP contribution is 2.24. The molecule has 1 aromatic heterocycles. The third-order valence-electron chi connectivity index (χ3n) is 5.44. The van der Waals surface area contributed by atoms with E-state index in [2.05, 4.69) is 4.98 Å². The number of hydrogen-bond donors (Lipinski definition) is 1. The van der Waals surface area contributed by atoms with E-state index in [0.717, 1.165) is 10.5 Å². The van der Waals surface area contributed by atoms with Crippen LogP contribution in [0.1, 0.15) is 22.6 Å². The maximum Gasteiger partial charge on any atom is 0.416 e. The number of benzene rings is 3. The number of rotatable bonds is 9. The van der Waals surface area contributed by atoms with Crippen LogP contribution in [-0.4, -0.2) is 33.6 Å². The van der Waals surface area contributed by atoms with Crippen LogP contribution < -0.4 is 9.47 Å². The number of amides is 1. The molecule has 0 unspecified atom stereocenters. The molecule has 8 nitrogen and oxygen atoms in total. The second-order valence-electron chi connectivity index (χ2n) is 8.40. The van der Waals surface area contributed by atoms with Crippen molar-refractivity contribution in [1.29, 1.82) is 0 Å². The van der Waals surface area contributed by atoms with Crippen molar-refractivity contribution in [3.8, 4) is 23.0 Å². The monoisotopic (exact) mass is 504 g/mol. The van der Waals surface area contributed by atoms with Crippen molar-refractivity contribution in [1.82, 2.24) is 9.88 Å². The van der Waals surface area contributed by atoms with Gasteiger partial charge in [0.05, 0.1) is 0 Å². The first kappa shape index (κ1) is 25.4. The number of ether oxygens (including phenoxy) is 2. The van der Waals surface area contributed by atoms with E-state index in [1.807, 2.05) is 6.92 Å². The van der Waals surface area contributed by atoms with Gasteiger partial charge in [0.1, 0.15) is 41.9 Å². The summed E-state index contributed by atoms with van der Waals surface area (Å²) in [6.45, 7) is 3.27. The Morgan fingerprint density at radius 2 is 1.73 bits per heavy atom. The van der Waals surface area contributed by atoms with E-state index in [1.165, 1.54) is 12.1 Å². The summed E-state index contributed by atoms with van der Waals surface area (Å²) in [7, 11) is 0. The second-order valence-corrected chi connectivity index (χ2v) is 8.40. The highest BCUT2D eigenvalue weighted by atomic mass is 19.1. The molecule has 0 aliphatic carbocycles. The Kier molecular flexibility index (Phi) is 7.83. The Morgan fingerprint density at radius 1 is 1.00 bits per heavy atom. The van der Waals surface area contributed by atoms with Crippen molar-refractivity contribution < 1.29 is 33.0 Å². The average molecular weight is 505 g/mol. The topological polar surface area (TPSA) is 102 Å². The Bertz CT molecular complexity index is 1380. The van der Waals surface area contributed by atoms with E-state index >= 15 is 0 Å². The van der Waals surface area contributed by atoms with Gasteiger partial charge >= 0.3 is 12.1 Å². The standard InChI is InChI=1S/C28H25FN2O6/c1-18-6-12-23(13-7-18)37-28(34)31(16-26(32)33)15-20-4-3-5-24(14-20)35-17-25-19(2)36-27(30-25)21-8-10-22(29)11-9-21/h3-14H,15-17H2,1-2H3,(H,32,33). The third kappa shape index (κ3) is 6.94. The highest BCUT2D eigenvalue weighted by molar-refractivity contribution is 5.78. The van der Waals surface area contributed by atoms with E-state index in [1.54, 1.807) is 67.6 Å². The minimum Gasteiger partial charge on any atom is -0.487 e. The van der Waals surface area contributed by atoms with Gasteiger partial charge in [0.2, 0.25) is 5.89 Å². The molecule has 0 aliphatic heterocycles. The average Bonchev–Trinajstić information content (AvgIpc) is 3.24. The van der Waals surface area contributed by atoms with E-state index in [4.69, 9.17) is 13.9 Å². The SMILES string of the molecule is Cc1ccc(OC(=O)N(CC(=O)O)Cc2cccc(OCc3nc(-c4ccc(F)cc4)oc3C)c2)cc1. The van der Waals surface area contributed by atoms with Crippen LogP contribution >= 0.6 is 0 Å². The number of hydrogen-bond acceptors (Lipinski definition) is 6. The normalized spacial score (nSPS) is 10.7. The van der Waals surface area contributed by atoms with Crippen LogP contribution in [0.25, 0.3) is 11.5 Å². The van der Waals surface area contributed by atoms with Crippen LogP contribution in [0, 0.1) is 19.7 Å². The third-order valence-corrected chi connectivity index (χ3v) is 5.44. The Labute approximate surface area is 212 Å². The fourth-order valence-corrected chi connectivity index (χ4v) is 3.50. The minimum absolute atomic E-state index is 0.00585. The molecule has 3 aromatic carbocycles. The molecular weight excluding hydrogens is 479 g/mol. The first-order valence-corrected chi connectivity index (χ1v) is 11.5. The van der Waals surface area contributed by atoms with Crippen molar-refractivity contribution in [2.45, 2.75) is 27.0 Å². The zero-order chi connectivity index (χ0) is 26.4. The Morgan fingerprint density at radius 3 is 2.43 bits per heavy atom. The lowest BCUT2D eigenvalue weighted by molar-refractivity contribution is -0.138. The van der Waals surface area contributed by atoms with E-state index in [-0.39, 0.29) is 19.0 Å². The molecule has 0 bridgehead atoms. The lowest BCUT2D eigenvalue weighted by atomic mass is 10.2. The molecular formula is C28H25FN2O6. The van der Waals surface area contributed by atoms with Gasteiger partial charge in [0.25, 0.3) is 0 Å². The van der Waals surface area contributed by atoms with Gasteiger partial charge in [-0.1, -0.05) is 29.8 Å². The van der Waals surface area contributed by atoms with Crippen LogP contribution in [-0.2, 0) is 17.9 Å². The molecule has 37 heavy (non-hydrogen) atoms. The van der Waals surface area contributed by atoms with Gasteiger partial charge in [-0.25, -0.2) is 14.2 Å². The van der Waals surface area contributed by atoms with Crippen molar-refractivity contribution in [2.24, 2.45) is 0 Å². The minimum atomic E-state index is -1.16. The number of carboxylic acid groups (broad SMARTS) is 1. The number of carbonyl (C=O) groups excluding carboxylic acids is 1. The van der Waals surface area contributed by atoms with Gasteiger partial charge in [-0.05, 0) is 67.9 Å². The summed E-state index contributed by atoms with van der Waals surface area (Å²) in [5.74, 6) is 0.257. The first-order chi connectivity index (χ1) is 17.8. The summed E-state index contributed by atoms with van der Waals surface area (Å²) >= 11 is 0. The molecule has 1 heterocycles. The fraction of sp³-hybridized carbons (Fsp3) is 0.179. The molecule has 0 atom stereocenters. The molecule has 0 radical (unpaired) electrons. The van der Waals surface area contributed by atoms with Gasteiger partial charge in [-0.3, -0.25) is 9.69 Å². The first-order valence-electron chi connectivity index (χ1n) is 11.5. The Balaban J connectivity index is 1.42. The molecule has 0 saturated heterocycles. The van der Waals surface area contributed by atoms with Gasteiger partial charge < -0.3 is 19.0 Å². The summed E-state index contributed by atoms with van der Waals surface area (Å²) in [6, 6.07) is 19.7. The molecule has 0 saturated carbocycles. The van der Waals surface area contributed by atoms with Crippen molar-refractivity contribution in [3.05, 3.63) is 101 Å². The predicted octanol–water partition coefficient (Wildman–Crippen LogP) is 5.76. The second kappa shape index (κ2) is 11.4. The molecule has 1 N–H and O–H groups in total. The maximum absolute atomic E-state index is 13.2. The summed E-state index contributed by atoms with van der Waals surface area (Å²) in [5, 5.41) is 9.29. The summed E-state index contributed by atoms with van der Waals surface area (Å²) < 4.78 is 30.1. The summed E-state index contributed by atoms with van der Waals surface area (Å²) in [4.78, 5) is 29.6. The lowest BCUT2D eigenvalue weighted by Crippen LogP contribution is -2.37.